The Balaban J connectivity index is 1.61. The Morgan fingerprint density at radius 1 is 1.42 bits per heavy atom. The van der Waals surface area contributed by atoms with Gasteiger partial charge in [0.1, 0.15) is 11.5 Å². The summed E-state index contributed by atoms with van der Waals surface area (Å²) < 4.78 is 5.55. The number of hydrogen-bond acceptors (Lipinski definition) is 4. The summed E-state index contributed by atoms with van der Waals surface area (Å²) in [7, 11) is 0. The maximum Gasteiger partial charge on any atom is 0.324 e. The second-order valence-electron chi connectivity index (χ2n) is 5.11. The van der Waals surface area contributed by atoms with E-state index in [1.165, 1.54) is 4.90 Å². The fourth-order valence-electron chi connectivity index (χ4n) is 2.76. The highest BCUT2D eigenvalue weighted by molar-refractivity contribution is 6.02. The molecule has 2 aliphatic rings. The number of aryl methyl sites for hydroxylation is 1. The van der Waals surface area contributed by atoms with Gasteiger partial charge in [0.2, 0.25) is 5.91 Å². The van der Waals surface area contributed by atoms with Crippen LogP contribution in [0.15, 0.2) is 16.5 Å². The molecular formula is C13H17N3O3. The van der Waals surface area contributed by atoms with Crippen molar-refractivity contribution in [1.29, 1.82) is 0 Å². The second-order valence-corrected chi connectivity index (χ2v) is 5.11. The molecule has 3 amide bonds. The lowest BCUT2D eigenvalue weighted by Gasteiger charge is -2.21. The maximum absolute atomic E-state index is 11.6. The van der Waals surface area contributed by atoms with E-state index in [2.05, 4.69) is 10.2 Å². The zero-order valence-electron chi connectivity index (χ0n) is 10.9. The molecule has 0 saturated carbocycles. The molecule has 3 rings (SSSR count). The number of rotatable bonds is 3. The van der Waals surface area contributed by atoms with Crippen molar-refractivity contribution in [3.05, 3.63) is 23.7 Å². The Hall–Kier alpha value is -1.82. The smallest absolute Gasteiger partial charge is 0.324 e. The summed E-state index contributed by atoms with van der Waals surface area (Å²) in [6.45, 7) is 4.38. The van der Waals surface area contributed by atoms with Gasteiger partial charge in [-0.2, -0.15) is 0 Å². The van der Waals surface area contributed by atoms with E-state index in [0.717, 1.165) is 37.6 Å². The molecule has 1 aromatic heterocycles. The Morgan fingerprint density at radius 2 is 2.26 bits per heavy atom. The van der Waals surface area contributed by atoms with Crippen molar-refractivity contribution < 1.29 is 14.0 Å². The van der Waals surface area contributed by atoms with Crippen LogP contribution in [0.3, 0.4) is 0 Å². The number of carbonyl (C=O) groups excluding carboxylic acids is 2. The summed E-state index contributed by atoms with van der Waals surface area (Å²) >= 11 is 0. The van der Waals surface area contributed by atoms with Gasteiger partial charge in [0.05, 0.1) is 19.1 Å². The van der Waals surface area contributed by atoms with Crippen LogP contribution in [0.25, 0.3) is 0 Å². The summed E-state index contributed by atoms with van der Waals surface area (Å²) in [6, 6.07) is 3.65. The summed E-state index contributed by atoms with van der Waals surface area (Å²) in [5.41, 5.74) is 0. The molecule has 3 heterocycles. The van der Waals surface area contributed by atoms with Crippen molar-refractivity contribution in [3.8, 4) is 0 Å². The molecular weight excluding hydrogens is 246 g/mol. The molecule has 0 aliphatic carbocycles. The molecule has 1 atom stereocenters. The summed E-state index contributed by atoms with van der Waals surface area (Å²) in [5, 5.41) is 2.56. The van der Waals surface area contributed by atoms with Crippen LogP contribution in [0.4, 0.5) is 4.79 Å². The topological polar surface area (TPSA) is 65.8 Å². The number of amides is 3. The van der Waals surface area contributed by atoms with Gasteiger partial charge in [-0.25, -0.2) is 4.79 Å². The molecule has 102 valence electrons. The summed E-state index contributed by atoms with van der Waals surface area (Å²) in [4.78, 5) is 26.8. The molecule has 6 nitrogen and oxygen atoms in total. The van der Waals surface area contributed by atoms with E-state index in [0.29, 0.717) is 0 Å². The van der Waals surface area contributed by atoms with Crippen LogP contribution in [-0.2, 0) is 11.3 Å². The number of furan rings is 1. The van der Waals surface area contributed by atoms with Gasteiger partial charge in [0, 0.05) is 13.1 Å². The molecule has 1 aromatic rings. The van der Waals surface area contributed by atoms with Gasteiger partial charge in [-0.3, -0.25) is 14.6 Å². The molecule has 1 N–H and O–H groups in total. The van der Waals surface area contributed by atoms with Gasteiger partial charge in [-0.1, -0.05) is 0 Å². The molecule has 2 saturated heterocycles. The SMILES string of the molecule is Cc1ccc(CN2CCC(N3C(=O)CNC3=O)C2)o1. The van der Waals surface area contributed by atoms with E-state index in [-0.39, 0.29) is 24.5 Å². The number of likely N-dealkylation sites (tertiary alicyclic amines) is 1. The van der Waals surface area contributed by atoms with Crippen LogP contribution in [0.1, 0.15) is 17.9 Å². The summed E-state index contributed by atoms with van der Waals surface area (Å²) in [6.07, 6.45) is 0.832. The van der Waals surface area contributed by atoms with Crippen LogP contribution in [-0.4, -0.2) is 47.4 Å². The molecule has 0 aromatic carbocycles. The lowest BCUT2D eigenvalue weighted by molar-refractivity contribution is -0.126. The van der Waals surface area contributed by atoms with Gasteiger partial charge >= 0.3 is 6.03 Å². The molecule has 0 bridgehead atoms. The van der Waals surface area contributed by atoms with E-state index in [9.17, 15) is 9.59 Å². The van der Waals surface area contributed by atoms with Crippen LogP contribution in [0, 0.1) is 6.92 Å². The Kier molecular flexibility index (Phi) is 3.02. The molecule has 1 unspecified atom stereocenters. The first-order valence-corrected chi connectivity index (χ1v) is 6.51. The number of nitrogens with one attached hydrogen (secondary N) is 1. The number of carbonyl (C=O) groups is 2. The van der Waals surface area contributed by atoms with E-state index < -0.39 is 0 Å². The number of nitrogens with zero attached hydrogens (tertiary/aromatic N) is 2. The Labute approximate surface area is 111 Å². The predicted molar refractivity (Wildman–Crippen MR) is 67.4 cm³/mol. The van der Waals surface area contributed by atoms with Gasteiger partial charge in [0.15, 0.2) is 0 Å². The lowest BCUT2D eigenvalue weighted by atomic mass is 10.2. The molecule has 0 radical (unpaired) electrons. The van der Waals surface area contributed by atoms with Crippen molar-refractivity contribution in [2.75, 3.05) is 19.6 Å². The fourth-order valence-corrected chi connectivity index (χ4v) is 2.76. The van der Waals surface area contributed by atoms with E-state index >= 15 is 0 Å². The van der Waals surface area contributed by atoms with Crippen LogP contribution < -0.4 is 5.32 Å². The van der Waals surface area contributed by atoms with Crippen molar-refractivity contribution >= 4 is 11.9 Å². The van der Waals surface area contributed by atoms with Crippen LogP contribution in [0.5, 0.6) is 0 Å². The molecule has 6 heteroatoms. The fraction of sp³-hybridized carbons (Fsp3) is 0.538. The van der Waals surface area contributed by atoms with Crippen LogP contribution in [0.2, 0.25) is 0 Å². The highest BCUT2D eigenvalue weighted by Gasteiger charge is 2.38. The second kappa shape index (κ2) is 4.70. The van der Waals surface area contributed by atoms with E-state index in [4.69, 9.17) is 4.42 Å². The standard InChI is InChI=1S/C13H17N3O3/c1-9-2-3-11(19-9)8-15-5-4-10(7-15)16-12(17)6-14-13(16)18/h2-3,10H,4-8H2,1H3,(H,14,18). The third kappa shape index (κ3) is 2.35. The van der Waals surface area contributed by atoms with E-state index in [1.807, 2.05) is 19.1 Å². The van der Waals surface area contributed by atoms with Crippen molar-refractivity contribution in [3.63, 3.8) is 0 Å². The predicted octanol–water partition coefficient (Wildman–Crippen LogP) is 0.714. The Bertz CT molecular complexity index is 495. The van der Waals surface area contributed by atoms with Crippen molar-refractivity contribution in [1.82, 2.24) is 15.1 Å². The Morgan fingerprint density at radius 3 is 2.89 bits per heavy atom. The molecule has 2 fully saturated rings. The van der Waals surface area contributed by atoms with Crippen LogP contribution >= 0.6 is 0 Å². The number of imide groups is 1. The first kappa shape index (κ1) is 12.2. The molecule has 19 heavy (non-hydrogen) atoms. The minimum atomic E-state index is -0.259. The minimum Gasteiger partial charge on any atom is -0.465 e. The maximum atomic E-state index is 11.6. The van der Waals surface area contributed by atoms with Gasteiger partial charge in [0.25, 0.3) is 0 Å². The lowest BCUT2D eigenvalue weighted by Crippen LogP contribution is -2.42. The monoisotopic (exact) mass is 263 g/mol. The van der Waals surface area contributed by atoms with Gasteiger partial charge in [-0.15, -0.1) is 0 Å². The first-order chi connectivity index (χ1) is 9.13. The third-order valence-electron chi connectivity index (χ3n) is 3.67. The van der Waals surface area contributed by atoms with Crippen molar-refractivity contribution in [2.24, 2.45) is 0 Å². The molecule has 2 aliphatic heterocycles. The largest absolute Gasteiger partial charge is 0.465 e. The average Bonchev–Trinajstić information content (AvgIpc) is 3.04. The zero-order valence-corrected chi connectivity index (χ0v) is 10.9. The third-order valence-corrected chi connectivity index (χ3v) is 3.67. The zero-order chi connectivity index (χ0) is 13.4. The summed E-state index contributed by atoms with van der Waals surface area (Å²) in [5.74, 6) is 1.71. The quantitative estimate of drug-likeness (QED) is 0.816. The minimum absolute atomic E-state index is 0.00828. The first-order valence-electron chi connectivity index (χ1n) is 6.51. The van der Waals surface area contributed by atoms with Crippen molar-refractivity contribution in [2.45, 2.75) is 25.9 Å². The average molecular weight is 263 g/mol. The van der Waals surface area contributed by atoms with E-state index in [1.54, 1.807) is 0 Å². The number of hydrogen-bond donors (Lipinski definition) is 1. The normalized spacial score (nSPS) is 24.3. The van der Waals surface area contributed by atoms with Gasteiger partial charge in [-0.05, 0) is 25.5 Å². The molecule has 0 spiro atoms. The number of urea groups is 1. The van der Waals surface area contributed by atoms with Gasteiger partial charge < -0.3 is 9.73 Å². The highest BCUT2D eigenvalue weighted by atomic mass is 16.3. The highest BCUT2D eigenvalue weighted by Crippen LogP contribution is 2.20.